The summed E-state index contributed by atoms with van der Waals surface area (Å²) in [4.78, 5) is 10.1. The molecule has 0 bridgehead atoms. The van der Waals surface area contributed by atoms with Crippen LogP contribution in [0.15, 0.2) is 30.6 Å². The second kappa shape index (κ2) is 6.08. The normalized spacial score (nSPS) is 10.3. The topological polar surface area (TPSA) is 38.2 Å². The van der Waals surface area contributed by atoms with Gasteiger partial charge in [-0.3, -0.25) is 0 Å². The summed E-state index contributed by atoms with van der Waals surface area (Å²) < 4.78 is 5.07. The highest BCUT2D eigenvalue weighted by atomic mass is 35.5. The van der Waals surface area contributed by atoms with Crippen molar-refractivity contribution in [3.63, 3.8) is 0 Å². The number of methoxy groups -OCH3 is 1. The van der Waals surface area contributed by atoms with Gasteiger partial charge >= 0.3 is 0 Å². The molecule has 2 rings (SSSR count). The zero-order valence-corrected chi connectivity index (χ0v) is 12.1. The van der Waals surface area contributed by atoms with E-state index in [1.165, 1.54) is 6.33 Å². The average Bonchev–Trinajstić information content (AvgIpc) is 2.42. The third kappa shape index (κ3) is 3.49. The molecule has 0 amide bonds. The Morgan fingerprint density at radius 3 is 2.68 bits per heavy atom. The van der Waals surface area contributed by atoms with E-state index in [2.05, 4.69) is 9.97 Å². The minimum Gasteiger partial charge on any atom is -0.481 e. The number of rotatable bonds is 4. The predicted octanol–water partition coefficient (Wildman–Crippen LogP) is 3.43. The maximum Gasteiger partial charge on any atom is 0.218 e. The van der Waals surface area contributed by atoms with E-state index in [1.807, 2.05) is 24.1 Å². The van der Waals surface area contributed by atoms with Gasteiger partial charge in [-0.05, 0) is 17.7 Å². The van der Waals surface area contributed by atoms with Gasteiger partial charge in [0.15, 0.2) is 0 Å². The average molecular weight is 298 g/mol. The number of aromatic nitrogens is 2. The molecule has 0 aliphatic carbocycles. The van der Waals surface area contributed by atoms with E-state index in [-0.39, 0.29) is 0 Å². The van der Waals surface area contributed by atoms with Crippen molar-refractivity contribution >= 4 is 29.0 Å². The van der Waals surface area contributed by atoms with Gasteiger partial charge in [-0.15, -0.1) is 0 Å². The number of hydrogen-bond donors (Lipinski definition) is 0. The van der Waals surface area contributed by atoms with Gasteiger partial charge in [0.25, 0.3) is 0 Å². The number of hydrogen-bond acceptors (Lipinski definition) is 4. The molecule has 0 spiro atoms. The predicted molar refractivity (Wildman–Crippen MR) is 77.2 cm³/mol. The molecular weight excluding hydrogens is 285 g/mol. The summed E-state index contributed by atoms with van der Waals surface area (Å²) in [7, 11) is 3.49. The van der Waals surface area contributed by atoms with Gasteiger partial charge in [-0.2, -0.15) is 0 Å². The van der Waals surface area contributed by atoms with Gasteiger partial charge in [0, 0.05) is 29.7 Å². The molecule has 0 unspecified atom stereocenters. The fraction of sp³-hybridized carbons (Fsp3) is 0.231. The van der Waals surface area contributed by atoms with Crippen LogP contribution in [0.25, 0.3) is 0 Å². The summed E-state index contributed by atoms with van der Waals surface area (Å²) in [6, 6.07) is 7.22. The fourth-order valence-electron chi connectivity index (χ4n) is 1.64. The minimum atomic E-state index is 0.527. The summed E-state index contributed by atoms with van der Waals surface area (Å²) in [6.45, 7) is 0.621. The van der Waals surface area contributed by atoms with Crippen molar-refractivity contribution in [1.29, 1.82) is 0 Å². The van der Waals surface area contributed by atoms with E-state index >= 15 is 0 Å². The van der Waals surface area contributed by atoms with E-state index in [9.17, 15) is 0 Å². The van der Waals surface area contributed by atoms with Gasteiger partial charge in [0.1, 0.15) is 12.1 Å². The Balaban J connectivity index is 2.17. The second-order valence-corrected chi connectivity index (χ2v) is 4.85. The molecule has 1 heterocycles. The molecule has 2 aromatic rings. The number of nitrogens with zero attached hydrogens (tertiary/aromatic N) is 3. The molecule has 0 aliphatic rings. The molecule has 1 aromatic heterocycles. The van der Waals surface area contributed by atoms with Crippen LogP contribution in [-0.4, -0.2) is 24.1 Å². The summed E-state index contributed by atoms with van der Waals surface area (Å²) >= 11 is 12.0. The Hall–Kier alpha value is -1.52. The van der Waals surface area contributed by atoms with Gasteiger partial charge in [0.05, 0.1) is 7.11 Å². The third-order valence-corrected chi connectivity index (χ3v) is 3.24. The third-order valence-electron chi connectivity index (χ3n) is 2.65. The lowest BCUT2D eigenvalue weighted by atomic mass is 10.2. The molecule has 0 saturated heterocycles. The van der Waals surface area contributed by atoms with Crippen molar-refractivity contribution in [3.8, 4) is 5.88 Å². The quantitative estimate of drug-likeness (QED) is 0.867. The van der Waals surface area contributed by atoms with Crippen molar-refractivity contribution in [2.24, 2.45) is 0 Å². The highest BCUT2D eigenvalue weighted by Crippen LogP contribution is 2.24. The van der Waals surface area contributed by atoms with E-state index in [0.717, 1.165) is 11.4 Å². The van der Waals surface area contributed by atoms with Crippen LogP contribution in [0.2, 0.25) is 10.0 Å². The molecule has 6 heteroatoms. The highest BCUT2D eigenvalue weighted by Gasteiger charge is 2.08. The van der Waals surface area contributed by atoms with Crippen LogP contribution in [0.1, 0.15) is 5.56 Å². The van der Waals surface area contributed by atoms with Crippen LogP contribution in [-0.2, 0) is 6.54 Å². The summed E-state index contributed by atoms with van der Waals surface area (Å²) in [6.07, 6.45) is 1.47. The Morgan fingerprint density at radius 1 is 1.21 bits per heavy atom. The summed E-state index contributed by atoms with van der Waals surface area (Å²) in [5.41, 5.74) is 0.978. The van der Waals surface area contributed by atoms with Gasteiger partial charge in [-0.1, -0.05) is 29.3 Å². The standard InChI is InChI=1S/C13H13Cl2N3O/c1-18(12-6-13(19-2)17-8-16-12)7-9-3-4-10(14)5-11(9)15/h3-6,8H,7H2,1-2H3. The lowest BCUT2D eigenvalue weighted by Crippen LogP contribution is -2.18. The molecule has 0 aliphatic heterocycles. The molecule has 0 fully saturated rings. The first kappa shape index (κ1) is 13.9. The van der Waals surface area contributed by atoms with Crippen LogP contribution in [0.5, 0.6) is 5.88 Å². The van der Waals surface area contributed by atoms with Gasteiger partial charge in [0.2, 0.25) is 5.88 Å². The van der Waals surface area contributed by atoms with Gasteiger partial charge < -0.3 is 9.64 Å². The fourth-order valence-corrected chi connectivity index (χ4v) is 2.10. The molecular formula is C13H13Cl2N3O. The monoisotopic (exact) mass is 297 g/mol. The van der Waals surface area contributed by atoms with Crippen LogP contribution >= 0.6 is 23.2 Å². The Bertz CT molecular complexity index is 578. The Labute approximate surface area is 122 Å². The number of anilines is 1. The van der Waals surface area contributed by atoms with E-state index in [1.54, 1.807) is 19.2 Å². The number of halogens is 2. The molecule has 0 radical (unpaired) electrons. The summed E-state index contributed by atoms with van der Waals surface area (Å²) in [5, 5.41) is 1.26. The van der Waals surface area contributed by atoms with E-state index in [4.69, 9.17) is 27.9 Å². The maximum atomic E-state index is 6.15. The van der Waals surface area contributed by atoms with Crippen LogP contribution in [0.3, 0.4) is 0 Å². The molecule has 1 aromatic carbocycles. The van der Waals surface area contributed by atoms with Crippen LogP contribution < -0.4 is 9.64 Å². The van der Waals surface area contributed by atoms with E-state index in [0.29, 0.717) is 22.5 Å². The van der Waals surface area contributed by atoms with Crippen molar-refractivity contribution < 1.29 is 4.74 Å². The smallest absolute Gasteiger partial charge is 0.218 e. The van der Waals surface area contributed by atoms with Crippen LogP contribution in [0, 0.1) is 0 Å². The largest absolute Gasteiger partial charge is 0.481 e. The first-order valence-electron chi connectivity index (χ1n) is 5.61. The second-order valence-electron chi connectivity index (χ2n) is 4.01. The molecule has 0 atom stereocenters. The minimum absolute atomic E-state index is 0.527. The number of ether oxygens (including phenoxy) is 1. The highest BCUT2D eigenvalue weighted by molar-refractivity contribution is 6.35. The zero-order chi connectivity index (χ0) is 13.8. The van der Waals surface area contributed by atoms with Crippen LogP contribution in [0.4, 0.5) is 5.82 Å². The Morgan fingerprint density at radius 2 is 2.00 bits per heavy atom. The lowest BCUT2D eigenvalue weighted by molar-refractivity contribution is 0.397. The maximum absolute atomic E-state index is 6.15. The van der Waals surface area contributed by atoms with E-state index < -0.39 is 0 Å². The SMILES string of the molecule is COc1cc(N(C)Cc2ccc(Cl)cc2Cl)ncn1. The van der Waals surface area contributed by atoms with Gasteiger partial charge in [-0.25, -0.2) is 9.97 Å². The van der Waals surface area contributed by atoms with Crippen molar-refractivity contribution in [2.75, 3.05) is 19.1 Å². The van der Waals surface area contributed by atoms with Crippen molar-refractivity contribution in [2.45, 2.75) is 6.54 Å². The summed E-state index contributed by atoms with van der Waals surface area (Å²) in [5.74, 6) is 1.29. The first-order valence-corrected chi connectivity index (χ1v) is 6.37. The molecule has 100 valence electrons. The molecule has 0 N–H and O–H groups in total. The number of benzene rings is 1. The van der Waals surface area contributed by atoms with Crippen molar-refractivity contribution in [3.05, 3.63) is 46.2 Å². The first-order chi connectivity index (χ1) is 9.10. The lowest BCUT2D eigenvalue weighted by Gasteiger charge is -2.19. The molecule has 4 nitrogen and oxygen atoms in total. The van der Waals surface area contributed by atoms with Crippen molar-refractivity contribution in [1.82, 2.24) is 9.97 Å². The Kier molecular flexibility index (Phi) is 4.45. The molecule has 19 heavy (non-hydrogen) atoms. The molecule has 0 saturated carbocycles. The zero-order valence-electron chi connectivity index (χ0n) is 10.6.